The summed E-state index contributed by atoms with van der Waals surface area (Å²) >= 11 is 0. The van der Waals surface area contributed by atoms with Crippen molar-refractivity contribution in [2.75, 3.05) is 0 Å². The molecule has 0 bridgehead atoms. The van der Waals surface area contributed by atoms with Crippen LogP contribution >= 0.6 is 0 Å². The molecule has 4 rings (SSSR count). The summed E-state index contributed by atoms with van der Waals surface area (Å²) in [5.41, 5.74) is 0. The first-order valence-corrected chi connectivity index (χ1v) is 14.6. The molecular formula is C32H58O2Rh2-2. The molecule has 4 aliphatic carbocycles. The van der Waals surface area contributed by atoms with Crippen LogP contribution in [0.1, 0.15) is 154 Å². The zero-order valence-electron chi connectivity index (χ0n) is 23.2. The van der Waals surface area contributed by atoms with E-state index in [4.69, 9.17) is 0 Å². The topological polar surface area (TPSA) is 60.0 Å². The zero-order chi connectivity index (χ0) is 22.6. The van der Waals surface area contributed by atoms with E-state index in [1.165, 1.54) is 154 Å². The number of hydrogen-bond donors (Lipinski definition) is 0. The molecule has 0 aromatic carbocycles. The van der Waals surface area contributed by atoms with E-state index in [-0.39, 0.29) is 49.9 Å². The van der Waals surface area contributed by atoms with Crippen LogP contribution < -0.4 is 0 Å². The van der Waals surface area contributed by atoms with Gasteiger partial charge in [-0.15, -0.1) is 0 Å². The van der Waals surface area contributed by atoms with E-state index < -0.39 is 0 Å². The van der Waals surface area contributed by atoms with Gasteiger partial charge in [0.05, 0.1) is 0 Å². The Morgan fingerprint density at radius 3 is 0.417 bits per heavy atom. The Hall–Kier alpha value is 0.127. The molecular weight excluding hydrogens is 622 g/mol. The van der Waals surface area contributed by atoms with Crippen LogP contribution in [0, 0.1) is 0 Å². The molecule has 0 aromatic heterocycles. The van der Waals surface area contributed by atoms with E-state index >= 15 is 0 Å². The summed E-state index contributed by atoms with van der Waals surface area (Å²) in [6.45, 7) is 0. The second-order valence-electron chi connectivity index (χ2n) is 9.85. The van der Waals surface area contributed by atoms with Crippen molar-refractivity contribution in [3.8, 4) is 0 Å². The maximum Gasteiger partial charge on any atom is 0 e. The molecule has 0 saturated heterocycles. The van der Waals surface area contributed by atoms with Gasteiger partial charge < -0.3 is 11.0 Å². The summed E-state index contributed by atoms with van der Waals surface area (Å²) in [7, 11) is 0. The minimum absolute atomic E-state index is 0. The molecule has 4 heteroatoms. The van der Waals surface area contributed by atoms with E-state index in [1.54, 1.807) is 0 Å². The quantitative estimate of drug-likeness (QED) is 0.189. The summed E-state index contributed by atoms with van der Waals surface area (Å²) in [4.78, 5) is 0. The third-order valence-corrected chi connectivity index (χ3v) is 6.63. The molecule has 0 heterocycles. The largest absolute Gasteiger partial charge is 0.870 e. The molecule has 36 heavy (non-hydrogen) atoms. The van der Waals surface area contributed by atoms with Crippen LogP contribution in [0.2, 0.25) is 0 Å². The Morgan fingerprint density at radius 1 is 0.194 bits per heavy atom. The van der Waals surface area contributed by atoms with Crippen LogP contribution in [-0.2, 0) is 39.0 Å². The van der Waals surface area contributed by atoms with Gasteiger partial charge in [-0.3, -0.25) is 0 Å². The Kier molecular flexibility index (Phi) is 47.6. The predicted octanol–water partition coefficient (Wildman–Crippen LogP) is 11.2. The van der Waals surface area contributed by atoms with Crippen LogP contribution in [0.15, 0.2) is 48.6 Å². The van der Waals surface area contributed by atoms with Crippen molar-refractivity contribution in [3.63, 3.8) is 0 Å². The van der Waals surface area contributed by atoms with Crippen molar-refractivity contribution >= 4 is 0 Å². The molecule has 0 atom stereocenters. The van der Waals surface area contributed by atoms with Gasteiger partial charge in [0.1, 0.15) is 0 Å². The van der Waals surface area contributed by atoms with Crippen LogP contribution in [-0.4, -0.2) is 11.0 Å². The molecule has 0 unspecified atom stereocenters. The first-order valence-electron chi connectivity index (χ1n) is 14.6. The first-order chi connectivity index (χ1) is 16.0. The maximum absolute atomic E-state index is 2.32. The third-order valence-electron chi connectivity index (χ3n) is 6.63. The molecule has 0 saturated carbocycles. The van der Waals surface area contributed by atoms with Crippen LogP contribution in [0.25, 0.3) is 0 Å². The second-order valence-corrected chi connectivity index (χ2v) is 9.85. The molecule has 0 fully saturated rings. The average Bonchev–Trinajstić information content (AvgIpc) is 2.67. The molecule has 2 nitrogen and oxygen atoms in total. The molecule has 0 aromatic rings. The monoisotopic (exact) mass is 680 g/mol. The molecule has 2 radical (unpaired) electrons. The molecule has 0 aliphatic heterocycles. The van der Waals surface area contributed by atoms with Gasteiger partial charge in [-0.2, -0.15) is 0 Å². The van der Waals surface area contributed by atoms with Crippen molar-refractivity contribution < 1.29 is 49.9 Å². The van der Waals surface area contributed by atoms with Crippen molar-refractivity contribution in [3.05, 3.63) is 48.6 Å². The molecule has 0 spiro atoms. The van der Waals surface area contributed by atoms with Gasteiger partial charge in [-0.1, -0.05) is 100.0 Å². The van der Waals surface area contributed by atoms with Crippen LogP contribution in [0.4, 0.5) is 0 Å². The third kappa shape index (κ3) is 36.3. The molecule has 0 amide bonds. The van der Waals surface area contributed by atoms with E-state index in [0.717, 1.165) is 0 Å². The normalized spacial score (nSPS) is 19.6. The first kappa shape index (κ1) is 43.2. The summed E-state index contributed by atoms with van der Waals surface area (Å²) in [5, 5.41) is 0. The van der Waals surface area contributed by atoms with E-state index in [9.17, 15) is 0 Å². The van der Waals surface area contributed by atoms with Gasteiger partial charge >= 0.3 is 0 Å². The van der Waals surface area contributed by atoms with Crippen molar-refractivity contribution in [1.82, 2.24) is 0 Å². The number of rotatable bonds is 0. The molecule has 2 N–H and O–H groups in total. The van der Waals surface area contributed by atoms with Gasteiger partial charge in [-0.05, 0) is 103 Å². The van der Waals surface area contributed by atoms with Gasteiger partial charge in [-0.25, -0.2) is 0 Å². The smallest absolute Gasteiger partial charge is 0 e. The number of allylic oxidation sites excluding steroid dienone is 8. The van der Waals surface area contributed by atoms with E-state index in [2.05, 4.69) is 48.6 Å². The second kappa shape index (κ2) is 39.6. The van der Waals surface area contributed by atoms with Gasteiger partial charge in [0.15, 0.2) is 0 Å². The minimum Gasteiger partial charge on any atom is -0.870 e. The predicted molar refractivity (Wildman–Crippen MR) is 151 cm³/mol. The summed E-state index contributed by atoms with van der Waals surface area (Å²) in [5.74, 6) is 0. The van der Waals surface area contributed by atoms with Crippen LogP contribution in [0.3, 0.4) is 0 Å². The van der Waals surface area contributed by atoms with E-state index in [1.807, 2.05) is 0 Å². The summed E-state index contributed by atoms with van der Waals surface area (Å²) in [6.07, 6.45) is 52.0. The standard InChI is InChI=1S/4C8H14.2H2O.2Rh/c4*1-2-4-6-8-7-5-3-1;;;;/h4*1-2H,3-8H2;2*1H2;;/p-2. The number of hydrogen-bond acceptors (Lipinski definition) is 2. The summed E-state index contributed by atoms with van der Waals surface area (Å²) in [6, 6.07) is 0. The zero-order valence-corrected chi connectivity index (χ0v) is 26.4. The summed E-state index contributed by atoms with van der Waals surface area (Å²) < 4.78 is 0. The fourth-order valence-electron chi connectivity index (χ4n) is 4.45. The average molecular weight is 681 g/mol. The van der Waals surface area contributed by atoms with Gasteiger partial charge in [0, 0.05) is 39.0 Å². The fraction of sp³-hybridized carbons (Fsp3) is 0.750. The van der Waals surface area contributed by atoms with Crippen LogP contribution in [0.5, 0.6) is 0 Å². The van der Waals surface area contributed by atoms with Crippen molar-refractivity contribution in [2.24, 2.45) is 0 Å². The van der Waals surface area contributed by atoms with Gasteiger partial charge in [0.25, 0.3) is 0 Å². The van der Waals surface area contributed by atoms with Crippen molar-refractivity contribution in [1.29, 1.82) is 0 Å². The van der Waals surface area contributed by atoms with E-state index in [0.29, 0.717) is 0 Å². The van der Waals surface area contributed by atoms with Crippen molar-refractivity contribution in [2.45, 2.75) is 154 Å². The van der Waals surface area contributed by atoms with Gasteiger partial charge in [0.2, 0.25) is 0 Å². The Bertz CT molecular complexity index is 359. The minimum atomic E-state index is 0. The molecule has 4 aliphatic rings. The molecule has 218 valence electrons. The Morgan fingerprint density at radius 2 is 0.306 bits per heavy atom. The SMILES string of the molecule is C1=CCCCCCC1.C1=CCCCCCC1.C1=CCCCCCC1.C1=CCCCCCC1.[OH-].[OH-].[Rh].[Rh]. The Balaban J connectivity index is -0.000000183. The maximum atomic E-state index is 2.32. The Labute approximate surface area is 251 Å². The fourth-order valence-corrected chi connectivity index (χ4v) is 4.45.